The number of thiophene rings is 1. The fraction of sp³-hybridized carbons (Fsp3) is 0.643. The normalized spacial score (nSPS) is 15.7. The minimum atomic E-state index is -0.181. The topological polar surface area (TPSA) is 79.6 Å². The number of rotatable bonds is 6. The van der Waals surface area contributed by atoms with E-state index >= 15 is 0 Å². The van der Waals surface area contributed by atoms with Crippen molar-refractivity contribution in [3.8, 4) is 5.75 Å². The van der Waals surface area contributed by atoms with Gasteiger partial charge < -0.3 is 26.0 Å². The van der Waals surface area contributed by atoms with Crippen LogP contribution in [-0.2, 0) is 0 Å². The van der Waals surface area contributed by atoms with E-state index in [1.165, 1.54) is 43.7 Å². The highest BCUT2D eigenvalue weighted by Crippen LogP contribution is 2.42. The number of nitrogens with two attached hydrogens (primary N) is 1. The number of anilines is 2. The standard InChI is InChI=1S/C14H24N4O2S/c1-16-13(19)12-10(15)11(20-2)14(21-12)17-6-9-18-7-4-3-5-8-18/h17H,3-9,15H2,1-2H3,(H,16,19). The monoisotopic (exact) mass is 312 g/mol. The van der Waals surface area contributed by atoms with Gasteiger partial charge >= 0.3 is 0 Å². The van der Waals surface area contributed by atoms with Crippen molar-refractivity contribution in [2.24, 2.45) is 0 Å². The fourth-order valence-corrected chi connectivity index (χ4v) is 3.60. The smallest absolute Gasteiger partial charge is 0.263 e. The van der Waals surface area contributed by atoms with Gasteiger partial charge in [-0.05, 0) is 25.9 Å². The van der Waals surface area contributed by atoms with Crippen LogP contribution in [0.15, 0.2) is 0 Å². The van der Waals surface area contributed by atoms with Crippen LogP contribution in [0.25, 0.3) is 0 Å². The molecule has 0 spiro atoms. The molecule has 1 fully saturated rings. The number of nitrogen functional groups attached to an aromatic ring is 1. The predicted molar refractivity (Wildman–Crippen MR) is 87.5 cm³/mol. The molecule has 1 amide bonds. The lowest BCUT2D eigenvalue weighted by atomic mass is 10.1. The van der Waals surface area contributed by atoms with Gasteiger partial charge in [0.1, 0.15) is 15.6 Å². The molecule has 2 rings (SSSR count). The Hall–Kier alpha value is -1.47. The van der Waals surface area contributed by atoms with E-state index in [4.69, 9.17) is 10.5 Å². The second kappa shape index (κ2) is 7.51. The van der Waals surface area contributed by atoms with E-state index in [0.29, 0.717) is 16.3 Å². The number of ether oxygens (including phenoxy) is 1. The van der Waals surface area contributed by atoms with Crippen LogP contribution in [0, 0.1) is 0 Å². The molecule has 1 aliphatic heterocycles. The summed E-state index contributed by atoms with van der Waals surface area (Å²) in [4.78, 5) is 14.7. The Balaban J connectivity index is 1.97. The molecule has 0 aliphatic carbocycles. The molecule has 7 heteroatoms. The van der Waals surface area contributed by atoms with Crippen molar-refractivity contribution in [2.45, 2.75) is 19.3 Å². The van der Waals surface area contributed by atoms with E-state index in [9.17, 15) is 4.79 Å². The number of methoxy groups -OCH3 is 1. The van der Waals surface area contributed by atoms with E-state index in [-0.39, 0.29) is 5.91 Å². The third-order valence-corrected chi connectivity index (χ3v) is 4.84. The van der Waals surface area contributed by atoms with Gasteiger partial charge in [0.15, 0.2) is 5.75 Å². The van der Waals surface area contributed by atoms with Gasteiger partial charge in [-0.2, -0.15) is 0 Å². The predicted octanol–water partition coefficient (Wildman–Crippen LogP) is 1.60. The minimum Gasteiger partial charge on any atom is -0.492 e. The van der Waals surface area contributed by atoms with E-state index in [1.807, 2.05) is 0 Å². The maximum atomic E-state index is 11.8. The Labute approximate surface area is 129 Å². The Bertz CT molecular complexity index is 484. The number of hydrogen-bond acceptors (Lipinski definition) is 6. The summed E-state index contributed by atoms with van der Waals surface area (Å²) in [5, 5.41) is 6.76. The molecule has 21 heavy (non-hydrogen) atoms. The number of hydrogen-bond donors (Lipinski definition) is 3. The van der Waals surface area contributed by atoms with Crippen molar-refractivity contribution in [1.29, 1.82) is 0 Å². The first-order valence-electron chi connectivity index (χ1n) is 7.32. The quantitative estimate of drug-likeness (QED) is 0.743. The van der Waals surface area contributed by atoms with E-state index in [0.717, 1.165) is 18.1 Å². The zero-order chi connectivity index (χ0) is 15.2. The minimum absolute atomic E-state index is 0.181. The zero-order valence-corrected chi connectivity index (χ0v) is 13.5. The van der Waals surface area contributed by atoms with E-state index in [1.54, 1.807) is 14.2 Å². The molecule has 118 valence electrons. The van der Waals surface area contributed by atoms with Crippen molar-refractivity contribution in [3.63, 3.8) is 0 Å². The summed E-state index contributed by atoms with van der Waals surface area (Å²) in [6.45, 7) is 4.17. The summed E-state index contributed by atoms with van der Waals surface area (Å²) >= 11 is 1.34. The van der Waals surface area contributed by atoms with Gasteiger partial charge in [0.05, 0.1) is 7.11 Å². The molecule has 1 aromatic heterocycles. The first-order chi connectivity index (χ1) is 10.2. The van der Waals surface area contributed by atoms with Gasteiger partial charge in [0.25, 0.3) is 5.91 Å². The Morgan fingerprint density at radius 3 is 2.71 bits per heavy atom. The summed E-state index contributed by atoms with van der Waals surface area (Å²) in [6.07, 6.45) is 3.92. The molecule has 0 radical (unpaired) electrons. The number of nitrogens with zero attached hydrogens (tertiary/aromatic N) is 1. The Morgan fingerprint density at radius 1 is 1.38 bits per heavy atom. The van der Waals surface area contributed by atoms with Gasteiger partial charge in [0, 0.05) is 20.1 Å². The average Bonchev–Trinajstić information content (AvgIpc) is 2.83. The van der Waals surface area contributed by atoms with Crippen LogP contribution < -0.4 is 21.1 Å². The summed E-state index contributed by atoms with van der Waals surface area (Å²) in [5.74, 6) is 0.386. The second-order valence-corrected chi connectivity index (χ2v) is 6.14. The molecule has 0 saturated carbocycles. The van der Waals surface area contributed by atoms with E-state index in [2.05, 4.69) is 15.5 Å². The Kier molecular flexibility index (Phi) is 5.69. The van der Waals surface area contributed by atoms with Crippen LogP contribution in [0.4, 0.5) is 10.7 Å². The summed E-state index contributed by atoms with van der Waals surface area (Å²) in [7, 11) is 3.17. The highest BCUT2D eigenvalue weighted by molar-refractivity contribution is 7.19. The molecule has 0 aromatic carbocycles. The SMILES string of the molecule is CNC(=O)c1sc(NCCN2CCCCC2)c(OC)c1N. The lowest BCUT2D eigenvalue weighted by Gasteiger charge is -2.26. The number of carbonyl (C=O) groups is 1. The molecule has 1 aliphatic rings. The van der Waals surface area contributed by atoms with Gasteiger partial charge in [0.2, 0.25) is 0 Å². The van der Waals surface area contributed by atoms with Crippen molar-refractivity contribution in [3.05, 3.63) is 4.88 Å². The summed E-state index contributed by atoms with van der Waals surface area (Å²) < 4.78 is 5.32. The third-order valence-electron chi connectivity index (χ3n) is 3.70. The zero-order valence-electron chi connectivity index (χ0n) is 12.7. The van der Waals surface area contributed by atoms with Crippen molar-refractivity contribution in [2.75, 3.05) is 51.4 Å². The Morgan fingerprint density at radius 2 is 2.10 bits per heavy atom. The van der Waals surface area contributed by atoms with E-state index < -0.39 is 0 Å². The van der Waals surface area contributed by atoms with Crippen LogP contribution in [0.1, 0.15) is 28.9 Å². The lowest BCUT2D eigenvalue weighted by molar-refractivity contribution is 0.0967. The first kappa shape index (κ1) is 15.9. The lowest BCUT2D eigenvalue weighted by Crippen LogP contribution is -2.33. The molecule has 1 aromatic rings. The van der Waals surface area contributed by atoms with Crippen molar-refractivity contribution in [1.82, 2.24) is 10.2 Å². The number of amides is 1. The molecule has 6 nitrogen and oxygen atoms in total. The van der Waals surface area contributed by atoms with Crippen LogP contribution in [-0.4, -0.2) is 51.1 Å². The maximum absolute atomic E-state index is 11.8. The summed E-state index contributed by atoms with van der Waals surface area (Å²) in [5.41, 5.74) is 6.38. The average molecular weight is 312 g/mol. The molecule has 1 saturated heterocycles. The largest absolute Gasteiger partial charge is 0.492 e. The number of carbonyl (C=O) groups excluding carboxylic acids is 1. The number of piperidine rings is 1. The fourth-order valence-electron chi connectivity index (χ4n) is 2.54. The maximum Gasteiger partial charge on any atom is 0.263 e. The van der Waals surface area contributed by atoms with Gasteiger partial charge in [-0.25, -0.2) is 0 Å². The second-order valence-electron chi connectivity index (χ2n) is 5.12. The van der Waals surface area contributed by atoms with Gasteiger partial charge in [-0.1, -0.05) is 6.42 Å². The molecule has 0 bridgehead atoms. The molecule has 0 atom stereocenters. The summed E-state index contributed by atoms with van der Waals surface area (Å²) in [6, 6.07) is 0. The number of nitrogens with one attached hydrogen (secondary N) is 2. The van der Waals surface area contributed by atoms with Crippen molar-refractivity contribution >= 4 is 27.9 Å². The molecule has 2 heterocycles. The highest BCUT2D eigenvalue weighted by atomic mass is 32.1. The first-order valence-corrected chi connectivity index (χ1v) is 8.13. The van der Waals surface area contributed by atoms with Crippen LogP contribution in [0.3, 0.4) is 0 Å². The molecule has 0 unspecified atom stereocenters. The van der Waals surface area contributed by atoms with Crippen LogP contribution >= 0.6 is 11.3 Å². The molecular formula is C14H24N4O2S. The van der Waals surface area contributed by atoms with Crippen LogP contribution in [0.5, 0.6) is 5.75 Å². The van der Waals surface area contributed by atoms with Gasteiger partial charge in [-0.15, -0.1) is 11.3 Å². The van der Waals surface area contributed by atoms with Crippen molar-refractivity contribution < 1.29 is 9.53 Å². The third kappa shape index (κ3) is 3.79. The number of likely N-dealkylation sites (tertiary alicyclic amines) is 1. The molecular weight excluding hydrogens is 288 g/mol. The highest BCUT2D eigenvalue weighted by Gasteiger charge is 2.21. The van der Waals surface area contributed by atoms with Crippen LogP contribution in [0.2, 0.25) is 0 Å². The van der Waals surface area contributed by atoms with Gasteiger partial charge in [-0.3, -0.25) is 4.79 Å². The molecule has 4 N–H and O–H groups in total.